The monoisotopic (exact) mass is 349 g/mol. The first-order valence-electron chi connectivity index (χ1n) is 7.11. The van der Waals surface area contributed by atoms with Gasteiger partial charge in [-0.3, -0.25) is 14.3 Å². The number of thioether (sulfide) groups is 1. The molecule has 0 aliphatic carbocycles. The summed E-state index contributed by atoms with van der Waals surface area (Å²) >= 11 is 1.29. The molecule has 126 valence electrons. The highest BCUT2D eigenvalue weighted by Crippen LogP contribution is 2.16. The van der Waals surface area contributed by atoms with Crippen LogP contribution in [-0.4, -0.2) is 56.4 Å². The van der Waals surface area contributed by atoms with Crippen LogP contribution in [0.4, 0.5) is 0 Å². The molecule has 0 atom stereocenters. The molecule has 2 aromatic heterocycles. The molecule has 0 spiro atoms. The van der Waals surface area contributed by atoms with Crippen LogP contribution in [0.3, 0.4) is 0 Å². The number of methoxy groups -OCH3 is 1. The molecule has 24 heavy (non-hydrogen) atoms. The zero-order valence-corrected chi connectivity index (χ0v) is 13.9. The van der Waals surface area contributed by atoms with Gasteiger partial charge in [0.2, 0.25) is 0 Å². The largest absolute Gasteiger partial charge is 0.464 e. The quantitative estimate of drug-likeness (QED) is 0.476. The predicted octanol–water partition coefficient (Wildman–Crippen LogP) is 0.131. The van der Waals surface area contributed by atoms with E-state index >= 15 is 0 Å². The Morgan fingerprint density at radius 3 is 2.83 bits per heavy atom. The fraction of sp³-hybridized carbons (Fsp3) is 0.357. The number of nitrogens with zero attached hydrogens (tertiary/aromatic N) is 4. The van der Waals surface area contributed by atoms with Gasteiger partial charge in [0.1, 0.15) is 5.56 Å². The van der Waals surface area contributed by atoms with Gasteiger partial charge in [-0.2, -0.15) is 5.10 Å². The van der Waals surface area contributed by atoms with Crippen LogP contribution in [0.15, 0.2) is 22.2 Å². The lowest BCUT2D eigenvalue weighted by Gasteiger charge is -2.27. The Hall–Kier alpha value is -2.62. The Kier molecular flexibility index (Phi) is 4.38. The second-order valence-electron chi connectivity index (χ2n) is 5.10. The van der Waals surface area contributed by atoms with Gasteiger partial charge in [0.15, 0.2) is 10.9 Å². The first kappa shape index (κ1) is 16.2. The fourth-order valence-electron chi connectivity index (χ4n) is 2.45. The molecule has 1 aliphatic heterocycles. The standard InChI is InChI=1S/C14H15N5O4S/c1-23-13(22)10-5-8-7-18(3-4-19(8)17-10)12(21)9-6-15-14(24-2)16-11(9)20/h5-6H,3-4,7H2,1-2H3,(H,15,16,20). The molecular formula is C14H15N5O4S. The highest BCUT2D eigenvalue weighted by molar-refractivity contribution is 7.98. The minimum absolute atomic E-state index is 0.00560. The topological polar surface area (TPSA) is 110 Å². The maximum atomic E-state index is 12.6. The zero-order valence-electron chi connectivity index (χ0n) is 13.1. The van der Waals surface area contributed by atoms with Crippen molar-refractivity contribution in [2.75, 3.05) is 19.9 Å². The van der Waals surface area contributed by atoms with E-state index in [9.17, 15) is 14.4 Å². The maximum Gasteiger partial charge on any atom is 0.358 e. The number of H-pyrrole nitrogens is 1. The summed E-state index contributed by atoms with van der Waals surface area (Å²) in [4.78, 5) is 44.3. The Balaban J connectivity index is 1.82. The third-order valence-corrected chi connectivity index (χ3v) is 4.27. The van der Waals surface area contributed by atoms with Crippen molar-refractivity contribution in [1.82, 2.24) is 24.6 Å². The molecule has 0 saturated carbocycles. The first-order valence-corrected chi connectivity index (χ1v) is 8.33. The number of amides is 1. The molecule has 3 rings (SSSR count). The molecule has 0 saturated heterocycles. The number of nitrogens with one attached hydrogen (secondary N) is 1. The van der Waals surface area contributed by atoms with E-state index in [1.165, 1.54) is 30.0 Å². The smallest absolute Gasteiger partial charge is 0.358 e. The molecule has 0 aromatic carbocycles. The van der Waals surface area contributed by atoms with Gasteiger partial charge in [0, 0.05) is 12.7 Å². The van der Waals surface area contributed by atoms with Crippen molar-refractivity contribution in [2.24, 2.45) is 0 Å². The molecule has 0 fully saturated rings. The second kappa shape index (κ2) is 6.48. The normalized spacial score (nSPS) is 13.5. The number of aromatic nitrogens is 4. The van der Waals surface area contributed by atoms with E-state index < -0.39 is 17.4 Å². The van der Waals surface area contributed by atoms with Crippen molar-refractivity contribution >= 4 is 23.6 Å². The van der Waals surface area contributed by atoms with Gasteiger partial charge in [-0.1, -0.05) is 11.8 Å². The van der Waals surface area contributed by atoms with Gasteiger partial charge < -0.3 is 14.6 Å². The average Bonchev–Trinajstić information content (AvgIpc) is 3.03. The Morgan fingerprint density at radius 2 is 2.17 bits per heavy atom. The van der Waals surface area contributed by atoms with Crippen LogP contribution in [0.2, 0.25) is 0 Å². The summed E-state index contributed by atoms with van der Waals surface area (Å²) in [5.74, 6) is -0.924. The van der Waals surface area contributed by atoms with Crippen molar-refractivity contribution < 1.29 is 14.3 Å². The van der Waals surface area contributed by atoms with Crippen molar-refractivity contribution in [3.63, 3.8) is 0 Å². The van der Waals surface area contributed by atoms with Crippen LogP contribution in [-0.2, 0) is 17.8 Å². The highest BCUT2D eigenvalue weighted by atomic mass is 32.2. The molecule has 10 heteroatoms. The van der Waals surface area contributed by atoms with E-state index in [0.717, 1.165) is 0 Å². The number of carbonyl (C=O) groups is 2. The van der Waals surface area contributed by atoms with E-state index in [-0.39, 0.29) is 17.8 Å². The lowest BCUT2D eigenvalue weighted by atomic mass is 10.2. The summed E-state index contributed by atoms with van der Waals surface area (Å²) in [6, 6.07) is 1.59. The summed E-state index contributed by atoms with van der Waals surface area (Å²) < 4.78 is 6.31. The van der Waals surface area contributed by atoms with Gasteiger partial charge in [-0.15, -0.1) is 0 Å². The highest BCUT2D eigenvalue weighted by Gasteiger charge is 2.26. The fourth-order valence-corrected chi connectivity index (χ4v) is 2.80. The molecular weight excluding hydrogens is 334 g/mol. The zero-order chi connectivity index (χ0) is 17.3. The van der Waals surface area contributed by atoms with E-state index in [2.05, 4.69) is 19.8 Å². The van der Waals surface area contributed by atoms with Crippen LogP contribution in [0.25, 0.3) is 0 Å². The van der Waals surface area contributed by atoms with Crippen molar-refractivity contribution in [3.05, 3.63) is 39.6 Å². The molecule has 0 radical (unpaired) electrons. The number of carbonyl (C=O) groups excluding carboxylic acids is 2. The van der Waals surface area contributed by atoms with Crippen molar-refractivity contribution in [1.29, 1.82) is 0 Å². The van der Waals surface area contributed by atoms with E-state index in [1.54, 1.807) is 17.0 Å². The summed E-state index contributed by atoms with van der Waals surface area (Å²) in [5.41, 5.74) is 0.438. The molecule has 1 amide bonds. The van der Waals surface area contributed by atoms with Crippen molar-refractivity contribution in [3.8, 4) is 0 Å². The molecule has 2 aromatic rings. The van der Waals surface area contributed by atoms with Crippen LogP contribution >= 0.6 is 11.8 Å². The van der Waals surface area contributed by atoms with Gasteiger partial charge in [0.05, 0.1) is 25.9 Å². The molecule has 0 unspecified atom stereocenters. The predicted molar refractivity (Wildman–Crippen MR) is 84.9 cm³/mol. The molecule has 3 heterocycles. The SMILES string of the molecule is COC(=O)c1cc2n(n1)CCN(C(=O)c1cnc(SC)[nH]c1=O)C2. The molecule has 9 nitrogen and oxygen atoms in total. The number of hydrogen-bond donors (Lipinski definition) is 1. The Morgan fingerprint density at radius 1 is 1.38 bits per heavy atom. The molecule has 1 N–H and O–H groups in total. The number of fused-ring (bicyclic) bond motifs is 1. The lowest BCUT2D eigenvalue weighted by Crippen LogP contribution is -2.40. The van der Waals surface area contributed by atoms with Gasteiger partial charge >= 0.3 is 5.97 Å². The summed E-state index contributed by atoms with van der Waals surface area (Å²) in [5, 5.41) is 4.60. The summed E-state index contributed by atoms with van der Waals surface area (Å²) in [6.45, 7) is 1.08. The summed E-state index contributed by atoms with van der Waals surface area (Å²) in [7, 11) is 1.29. The lowest BCUT2D eigenvalue weighted by molar-refractivity contribution is 0.0591. The van der Waals surface area contributed by atoms with E-state index in [1.807, 2.05) is 0 Å². The molecule has 0 bridgehead atoms. The van der Waals surface area contributed by atoms with Crippen LogP contribution in [0.5, 0.6) is 0 Å². The summed E-state index contributed by atoms with van der Waals surface area (Å²) in [6.07, 6.45) is 3.07. The number of esters is 1. The number of rotatable bonds is 3. The number of aromatic amines is 1. The van der Waals surface area contributed by atoms with Gasteiger partial charge in [-0.05, 0) is 12.3 Å². The van der Waals surface area contributed by atoms with Crippen LogP contribution in [0.1, 0.15) is 26.5 Å². The minimum Gasteiger partial charge on any atom is -0.464 e. The average molecular weight is 349 g/mol. The third kappa shape index (κ3) is 2.92. The van der Waals surface area contributed by atoms with Gasteiger partial charge in [0.25, 0.3) is 11.5 Å². The van der Waals surface area contributed by atoms with Gasteiger partial charge in [-0.25, -0.2) is 9.78 Å². The van der Waals surface area contributed by atoms with E-state index in [0.29, 0.717) is 23.9 Å². The third-order valence-electron chi connectivity index (χ3n) is 3.68. The minimum atomic E-state index is -0.525. The Labute approximate surface area is 141 Å². The number of ether oxygens (including phenoxy) is 1. The van der Waals surface area contributed by atoms with Crippen molar-refractivity contribution in [2.45, 2.75) is 18.2 Å². The maximum absolute atomic E-state index is 12.6. The van der Waals surface area contributed by atoms with Crippen LogP contribution in [0, 0.1) is 0 Å². The first-order chi connectivity index (χ1) is 11.5. The Bertz CT molecular complexity index is 859. The van der Waals surface area contributed by atoms with Crippen LogP contribution < -0.4 is 5.56 Å². The number of hydrogen-bond acceptors (Lipinski definition) is 7. The van der Waals surface area contributed by atoms with E-state index in [4.69, 9.17) is 0 Å². The molecule has 1 aliphatic rings. The second-order valence-corrected chi connectivity index (χ2v) is 5.89.